The monoisotopic (exact) mass is 304 g/mol. The van der Waals surface area contributed by atoms with Gasteiger partial charge < -0.3 is 15.3 Å². The number of carboxylic acids is 2. The fraction of sp³-hybridized carbons (Fsp3) is 0.0667. The molecule has 0 heterocycles. The number of benzene rings is 2. The van der Waals surface area contributed by atoms with Gasteiger partial charge in [-0.05, 0) is 36.4 Å². The van der Waals surface area contributed by atoms with E-state index in [2.05, 4.69) is 0 Å². The number of hydrogen-bond donors (Lipinski definition) is 3. The van der Waals surface area contributed by atoms with Crippen molar-refractivity contribution < 1.29 is 24.9 Å². The van der Waals surface area contributed by atoms with Gasteiger partial charge in [-0.3, -0.25) is 4.79 Å². The predicted molar refractivity (Wildman–Crippen MR) is 77.0 cm³/mol. The molecule has 6 heteroatoms. The minimum absolute atomic E-state index is 0.0652. The topological polar surface area (TPSA) is 94.8 Å². The zero-order valence-electron chi connectivity index (χ0n) is 10.8. The molecule has 3 N–H and O–H groups in total. The highest BCUT2D eigenvalue weighted by molar-refractivity contribution is 7.99. The van der Waals surface area contributed by atoms with Crippen molar-refractivity contribution in [2.24, 2.45) is 0 Å². The number of rotatable bonds is 5. The molecule has 0 unspecified atom stereocenters. The molecule has 0 amide bonds. The lowest BCUT2D eigenvalue weighted by Gasteiger charge is -2.06. The molecule has 2 aromatic carbocycles. The van der Waals surface area contributed by atoms with Crippen LogP contribution in [0.2, 0.25) is 0 Å². The Kier molecular flexibility index (Phi) is 4.49. The molecule has 0 spiro atoms. The predicted octanol–water partition coefficient (Wildman–Crippen LogP) is 2.87. The van der Waals surface area contributed by atoms with Crippen LogP contribution in [0.5, 0.6) is 5.75 Å². The molecular formula is C15H12O5S. The van der Waals surface area contributed by atoms with E-state index in [1.165, 1.54) is 30.0 Å². The van der Waals surface area contributed by atoms with Gasteiger partial charge in [0.15, 0.2) is 0 Å². The molecule has 0 radical (unpaired) electrons. The van der Waals surface area contributed by atoms with E-state index in [4.69, 9.17) is 10.2 Å². The lowest BCUT2D eigenvalue weighted by molar-refractivity contribution is -0.136. The zero-order chi connectivity index (χ0) is 15.4. The maximum absolute atomic E-state index is 10.8. The van der Waals surface area contributed by atoms with E-state index in [-0.39, 0.29) is 17.7 Å². The largest absolute Gasteiger partial charge is 0.508 e. The lowest BCUT2D eigenvalue weighted by Crippen LogP contribution is -2.00. The van der Waals surface area contributed by atoms with Gasteiger partial charge in [-0.15, -0.1) is 0 Å². The molecule has 108 valence electrons. The van der Waals surface area contributed by atoms with Crippen LogP contribution in [-0.2, 0) is 11.2 Å². The van der Waals surface area contributed by atoms with E-state index in [9.17, 15) is 14.7 Å². The minimum atomic E-state index is -1.00. The Morgan fingerprint density at radius 2 is 1.57 bits per heavy atom. The first-order chi connectivity index (χ1) is 9.95. The van der Waals surface area contributed by atoms with Crippen LogP contribution in [0.1, 0.15) is 15.9 Å². The van der Waals surface area contributed by atoms with Crippen molar-refractivity contribution >= 4 is 23.7 Å². The van der Waals surface area contributed by atoms with E-state index in [0.717, 1.165) is 9.79 Å². The van der Waals surface area contributed by atoms with Gasteiger partial charge in [-0.1, -0.05) is 17.8 Å². The molecule has 0 saturated carbocycles. The quantitative estimate of drug-likeness (QED) is 0.786. The van der Waals surface area contributed by atoms with Crippen LogP contribution in [0.4, 0.5) is 0 Å². The maximum Gasteiger partial charge on any atom is 0.335 e. The Balaban J connectivity index is 2.14. The fourth-order valence-corrected chi connectivity index (χ4v) is 2.57. The highest BCUT2D eigenvalue weighted by Gasteiger charge is 2.08. The Hall–Kier alpha value is -2.47. The standard InChI is InChI=1S/C15H12O5S/c16-13-8-12(6-3-10(13)7-14(17)18)21-11-4-1-9(2-5-11)15(19)20/h1-6,8,16H,7H2,(H,17,18)(H,19,20). The van der Waals surface area contributed by atoms with Crippen LogP contribution in [-0.4, -0.2) is 27.3 Å². The molecule has 2 aromatic rings. The Morgan fingerprint density at radius 1 is 0.952 bits per heavy atom. The van der Waals surface area contributed by atoms with E-state index in [1.54, 1.807) is 24.3 Å². The Labute approximate surface area is 124 Å². The molecule has 21 heavy (non-hydrogen) atoms. The first-order valence-corrected chi connectivity index (χ1v) is 6.82. The highest BCUT2D eigenvalue weighted by atomic mass is 32.2. The highest BCUT2D eigenvalue weighted by Crippen LogP contribution is 2.31. The fourth-order valence-electron chi connectivity index (χ4n) is 1.72. The zero-order valence-corrected chi connectivity index (χ0v) is 11.6. The van der Waals surface area contributed by atoms with Gasteiger partial charge in [0.2, 0.25) is 0 Å². The summed E-state index contributed by atoms with van der Waals surface area (Å²) in [6.07, 6.45) is -0.232. The van der Waals surface area contributed by atoms with Crippen molar-refractivity contribution in [3.05, 3.63) is 53.6 Å². The van der Waals surface area contributed by atoms with Crippen LogP contribution < -0.4 is 0 Å². The van der Waals surface area contributed by atoms with Gasteiger partial charge in [-0.25, -0.2) is 4.79 Å². The third kappa shape index (κ3) is 4.00. The molecule has 0 aliphatic carbocycles. The number of aliphatic carboxylic acids is 1. The van der Waals surface area contributed by atoms with Gasteiger partial charge in [0.05, 0.1) is 12.0 Å². The van der Waals surface area contributed by atoms with Crippen molar-refractivity contribution in [3.63, 3.8) is 0 Å². The Bertz CT molecular complexity index is 679. The van der Waals surface area contributed by atoms with Crippen LogP contribution >= 0.6 is 11.8 Å². The number of carbonyl (C=O) groups is 2. The third-order valence-electron chi connectivity index (χ3n) is 2.74. The average molecular weight is 304 g/mol. The average Bonchev–Trinajstić information content (AvgIpc) is 2.42. The smallest absolute Gasteiger partial charge is 0.335 e. The van der Waals surface area contributed by atoms with Gasteiger partial charge in [0, 0.05) is 15.4 Å². The van der Waals surface area contributed by atoms with Crippen molar-refractivity contribution in [1.82, 2.24) is 0 Å². The summed E-state index contributed by atoms with van der Waals surface area (Å²) in [6.45, 7) is 0. The second-order valence-corrected chi connectivity index (χ2v) is 5.44. The third-order valence-corrected chi connectivity index (χ3v) is 3.73. The number of aromatic hydroxyl groups is 1. The van der Waals surface area contributed by atoms with E-state index in [1.807, 2.05) is 0 Å². The van der Waals surface area contributed by atoms with Crippen molar-refractivity contribution in [2.75, 3.05) is 0 Å². The summed E-state index contributed by atoms with van der Waals surface area (Å²) >= 11 is 1.35. The first-order valence-electron chi connectivity index (χ1n) is 6.00. The summed E-state index contributed by atoms with van der Waals surface area (Å²) in [5.74, 6) is -2.05. The number of carboxylic acid groups (broad SMARTS) is 2. The summed E-state index contributed by atoms with van der Waals surface area (Å²) in [5, 5.41) is 27.3. The lowest BCUT2D eigenvalue weighted by atomic mass is 10.1. The van der Waals surface area contributed by atoms with Crippen molar-refractivity contribution in [3.8, 4) is 5.75 Å². The summed E-state index contributed by atoms with van der Waals surface area (Å²) in [7, 11) is 0. The second-order valence-electron chi connectivity index (χ2n) is 4.29. The van der Waals surface area contributed by atoms with Gasteiger partial charge in [-0.2, -0.15) is 0 Å². The molecule has 0 fully saturated rings. The van der Waals surface area contributed by atoms with Gasteiger partial charge in [0.1, 0.15) is 5.75 Å². The van der Waals surface area contributed by atoms with Crippen LogP contribution in [0.3, 0.4) is 0 Å². The molecule has 0 aliphatic rings. The molecule has 0 saturated heterocycles. The number of hydrogen-bond acceptors (Lipinski definition) is 4. The molecule has 0 bridgehead atoms. The molecule has 0 aromatic heterocycles. The number of aromatic carboxylic acids is 1. The van der Waals surface area contributed by atoms with Gasteiger partial charge >= 0.3 is 11.9 Å². The number of phenols is 1. The summed E-state index contributed by atoms with van der Waals surface area (Å²) in [6, 6.07) is 11.1. The van der Waals surface area contributed by atoms with E-state index >= 15 is 0 Å². The molecule has 0 aliphatic heterocycles. The maximum atomic E-state index is 10.8. The molecule has 5 nitrogen and oxygen atoms in total. The normalized spacial score (nSPS) is 10.3. The van der Waals surface area contributed by atoms with Crippen LogP contribution in [0.15, 0.2) is 52.3 Å². The van der Waals surface area contributed by atoms with Crippen molar-refractivity contribution in [2.45, 2.75) is 16.2 Å². The summed E-state index contributed by atoms with van der Waals surface area (Å²) in [4.78, 5) is 22.9. The Morgan fingerprint density at radius 3 is 2.10 bits per heavy atom. The SMILES string of the molecule is O=C(O)Cc1ccc(Sc2ccc(C(=O)O)cc2)cc1O. The molecule has 2 rings (SSSR count). The first kappa shape index (κ1) is 14.9. The second kappa shape index (κ2) is 6.32. The van der Waals surface area contributed by atoms with Crippen LogP contribution in [0, 0.1) is 0 Å². The van der Waals surface area contributed by atoms with Crippen LogP contribution in [0.25, 0.3) is 0 Å². The van der Waals surface area contributed by atoms with Gasteiger partial charge in [0.25, 0.3) is 0 Å². The van der Waals surface area contributed by atoms with E-state index in [0.29, 0.717) is 5.56 Å². The van der Waals surface area contributed by atoms with E-state index < -0.39 is 11.9 Å². The summed E-state index contributed by atoms with van der Waals surface area (Å²) in [5.41, 5.74) is 0.562. The summed E-state index contributed by atoms with van der Waals surface area (Å²) < 4.78 is 0. The van der Waals surface area contributed by atoms with Crippen molar-refractivity contribution in [1.29, 1.82) is 0 Å². The molecular weight excluding hydrogens is 292 g/mol. The number of phenolic OH excluding ortho intramolecular Hbond substituents is 1. The minimum Gasteiger partial charge on any atom is -0.508 e. The molecule has 0 atom stereocenters.